The van der Waals surface area contributed by atoms with E-state index in [1.165, 1.54) is 59.9 Å². The van der Waals surface area contributed by atoms with Crippen LogP contribution < -0.4 is 0 Å². The van der Waals surface area contributed by atoms with Crippen LogP contribution in [0.2, 0.25) is 0 Å². The lowest BCUT2D eigenvalue weighted by molar-refractivity contribution is 0.0668. The Kier molecular flexibility index (Phi) is 3.02. The van der Waals surface area contributed by atoms with Gasteiger partial charge in [0.2, 0.25) is 0 Å². The summed E-state index contributed by atoms with van der Waals surface area (Å²) in [5, 5.41) is 0. The van der Waals surface area contributed by atoms with Gasteiger partial charge in [0.15, 0.2) is 0 Å². The molecule has 2 saturated carbocycles. The first-order chi connectivity index (χ1) is 11.6. The predicted octanol–water partition coefficient (Wildman–Crippen LogP) is 6.25. The molecule has 5 rings (SSSR count). The molecule has 0 radical (unpaired) electrons. The molecule has 3 aliphatic rings. The minimum Gasteiger partial charge on any atom is -0.207 e. The number of benzene rings is 2. The molecule has 2 fully saturated rings. The summed E-state index contributed by atoms with van der Waals surface area (Å²) < 4.78 is 14.3. The van der Waals surface area contributed by atoms with Crippen LogP contribution in [-0.4, -0.2) is 0 Å². The van der Waals surface area contributed by atoms with Crippen molar-refractivity contribution in [2.75, 3.05) is 0 Å². The quantitative estimate of drug-likeness (QED) is 0.538. The van der Waals surface area contributed by atoms with Crippen molar-refractivity contribution in [1.29, 1.82) is 0 Å². The summed E-state index contributed by atoms with van der Waals surface area (Å²) in [4.78, 5) is 0. The van der Waals surface area contributed by atoms with Crippen molar-refractivity contribution in [2.45, 2.75) is 51.4 Å². The van der Waals surface area contributed by atoms with E-state index in [9.17, 15) is 4.39 Å². The molecule has 0 heterocycles. The fourth-order valence-corrected chi connectivity index (χ4v) is 6.46. The maximum Gasteiger partial charge on any atom is 0.123 e. The van der Waals surface area contributed by atoms with Gasteiger partial charge in [-0.25, -0.2) is 4.39 Å². The van der Waals surface area contributed by atoms with Crippen molar-refractivity contribution in [3.05, 3.63) is 58.9 Å². The van der Waals surface area contributed by atoms with E-state index in [4.69, 9.17) is 0 Å². The van der Waals surface area contributed by atoms with E-state index >= 15 is 0 Å². The zero-order valence-electron chi connectivity index (χ0n) is 14.6. The van der Waals surface area contributed by atoms with Gasteiger partial charge in [-0.1, -0.05) is 49.6 Å². The summed E-state index contributed by atoms with van der Waals surface area (Å²) in [7, 11) is 0. The summed E-state index contributed by atoms with van der Waals surface area (Å²) in [5.41, 5.74) is 6.74. The van der Waals surface area contributed by atoms with Crippen molar-refractivity contribution in [1.82, 2.24) is 0 Å². The van der Waals surface area contributed by atoms with Crippen LogP contribution in [0.15, 0.2) is 36.4 Å². The van der Waals surface area contributed by atoms with E-state index < -0.39 is 0 Å². The topological polar surface area (TPSA) is 0 Å². The molecule has 0 saturated heterocycles. The SMILES string of the molecule is Cc1ccc2c(c1)-c1ccc(F)cc1C21C(C)CC2CCC[C@@H]1C2. The van der Waals surface area contributed by atoms with Crippen LogP contribution in [0.4, 0.5) is 4.39 Å². The molecule has 0 nitrogen and oxygen atoms in total. The third-order valence-electron chi connectivity index (χ3n) is 7.23. The highest BCUT2D eigenvalue weighted by Gasteiger charge is 2.55. The molecule has 0 aromatic heterocycles. The molecule has 1 spiro atoms. The Morgan fingerprint density at radius 1 is 0.958 bits per heavy atom. The minimum atomic E-state index is -0.0808. The van der Waals surface area contributed by atoms with Gasteiger partial charge in [-0.3, -0.25) is 0 Å². The Labute approximate surface area is 144 Å². The Balaban J connectivity index is 1.83. The number of halogens is 1. The minimum absolute atomic E-state index is 0.0391. The van der Waals surface area contributed by atoms with Gasteiger partial charge in [0.1, 0.15) is 5.82 Å². The molecule has 0 aliphatic heterocycles. The molecule has 24 heavy (non-hydrogen) atoms. The molecule has 0 N–H and O–H groups in total. The van der Waals surface area contributed by atoms with Crippen molar-refractivity contribution in [2.24, 2.45) is 17.8 Å². The number of aryl methyl sites for hydroxylation is 1. The molecule has 2 bridgehead atoms. The normalized spacial score (nSPS) is 33.4. The van der Waals surface area contributed by atoms with Gasteiger partial charge in [-0.05, 0) is 78.3 Å². The molecule has 4 atom stereocenters. The number of fused-ring (bicyclic) bond motifs is 8. The first-order valence-electron chi connectivity index (χ1n) is 9.52. The van der Waals surface area contributed by atoms with Gasteiger partial charge >= 0.3 is 0 Å². The van der Waals surface area contributed by atoms with Crippen LogP contribution in [0.25, 0.3) is 11.1 Å². The first kappa shape index (κ1) is 14.7. The second-order valence-electron chi connectivity index (χ2n) is 8.47. The lowest BCUT2D eigenvalue weighted by Gasteiger charge is -2.53. The number of hydrogen-bond donors (Lipinski definition) is 0. The third-order valence-corrected chi connectivity index (χ3v) is 7.23. The summed E-state index contributed by atoms with van der Waals surface area (Å²) in [6, 6.07) is 12.5. The van der Waals surface area contributed by atoms with Crippen LogP contribution in [0.5, 0.6) is 0 Å². The summed E-state index contributed by atoms with van der Waals surface area (Å²) >= 11 is 0. The summed E-state index contributed by atoms with van der Waals surface area (Å²) in [6.07, 6.45) is 6.65. The molecule has 3 unspecified atom stereocenters. The lowest BCUT2D eigenvalue weighted by Crippen LogP contribution is -2.48. The number of hydrogen-bond acceptors (Lipinski definition) is 0. The van der Waals surface area contributed by atoms with E-state index in [-0.39, 0.29) is 11.2 Å². The Hall–Kier alpha value is -1.63. The fraction of sp³-hybridized carbons (Fsp3) is 0.478. The van der Waals surface area contributed by atoms with Crippen LogP contribution in [0, 0.1) is 30.5 Å². The van der Waals surface area contributed by atoms with E-state index in [2.05, 4.69) is 32.0 Å². The van der Waals surface area contributed by atoms with Gasteiger partial charge in [0.25, 0.3) is 0 Å². The Morgan fingerprint density at radius 2 is 1.83 bits per heavy atom. The molecular formula is C23H25F. The van der Waals surface area contributed by atoms with Gasteiger partial charge in [-0.15, -0.1) is 0 Å². The first-order valence-corrected chi connectivity index (χ1v) is 9.52. The highest BCUT2D eigenvalue weighted by Crippen LogP contribution is 2.63. The fourth-order valence-electron chi connectivity index (χ4n) is 6.46. The van der Waals surface area contributed by atoms with Crippen LogP contribution in [-0.2, 0) is 5.41 Å². The Bertz CT molecular complexity index is 819. The molecule has 3 aliphatic carbocycles. The average Bonchev–Trinajstić information content (AvgIpc) is 2.83. The lowest BCUT2D eigenvalue weighted by atomic mass is 9.51. The molecular weight excluding hydrogens is 295 g/mol. The standard InChI is InChI=1S/C23H25F/c1-14-6-9-21-20(10-14)19-8-7-18(24)13-22(19)23(21)15(2)11-16-4-3-5-17(23)12-16/h6-10,13,15-17H,3-5,11-12H2,1-2H3/t15?,16?,17-,23?/m1/s1. The Morgan fingerprint density at radius 3 is 2.71 bits per heavy atom. The summed E-state index contributed by atoms with van der Waals surface area (Å²) in [5.74, 6) is 2.06. The highest BCUT2D eigenvalue weighted by atomic mass is 19.1. The number of rotatable bonds is 0. The van der Waals surface area contributed by atoms with Gasteiger partial charge in [0, 0.05) is 5.41 Å². The van der Waals surface area contributed by atoms with E-state index in [1.54, 1.807) is 6.07 Å². The largest absolute Gasteiger partial charge is 0.207 e. The van der Waals surface area contributed by atoms with Crippen LogP contribution in [0.3, 0.4) is 0 Å². The average molecular weight is 320 g/mol. The van der Waals surface area contributed by atoms with E-state index in [0.29, 0.717) is 11.8 Å². The zero-order chi connectivity index (χ0) is 16.5. The van der Waals surface area contributed by atoms with Gasteiger partial charge < -0.3 is 0 Å². The molecule has 0 amide bonds. The second kappa shape index (κ2) is 4.94. The monoisotopic (exact) mass is 320 g/mol. The van der Waals surface area contributed by atoms with Crippen molar-refractivity contribution < 1.29 is 4.39 Å². The van der Waals surface area contributed by atoms with E-state index in [1.807, 2.05) is 12.1 Å². The molecule has 2 aromatic rings. The zero-order valence-corrected chi connectivity index (χ0v) is 14.6. The second-order valence-corrected chi connectivity index (χ2v) is 8.47. The van der Waals surface area contributed by atoms with Gasteiger partial charge in [-0.2, -0.15) is 0 Å². The van der Waals surface area contributed by atoms with Crippen molar-refractivity contribution in [3.8, 4) is 11.1 Å². The van der Waals surface area contributed by atoms with Crippen molar-refractivity contribution >= 4 is 0 Å². The molecule has 2 aromatic carbocycles. The predicted molar refractivity (Wildman–Crippen MR) is 96.6 cm³/mol. The molecule has 1 heteroatoms. The van der Waals surface area contributed by atoms with Crippen LogP contribution in [0.1, 0.15) is 55.7 Å². The van der Waals surface area contributed by atoms with Crippen LogP contribution >= 0.6 is 0 Å². The molecule has 124 valence electrons. The van der Waals surface area contributed by atoms with E-state index in [0.717, 1.165) is 5.92 Å². The maximum atomic E-state index is 14.3. The summed E-state index contributed by atoms with van der Waals surface area (Å²) in [6.45, 7) is 4.59. The maximum absolute atomic E-state index is 14.3. The smallest absolute Gasteiger partial charge is 0.123 e. The highest BCUT2D eigenvalue weighted by molar-refractivity contribution is 5.82. The third kappa shape index (κ3) is 1.74. The van der Waals surface area contributed by atoms with Crippen molar-refractivity contribution in [3.63, 3.8) is 0 Å². The van der Waals surface area contributed by atoms with Gasteiger partial charge in [0.05, 0.1) is 0 Å².